The molecule has 0 unspecified atom stereocenters. The molecular formula is C23H19F2N5O. The van der Waals surface area contributed by atoms with Gasteiger partial charge in [-0.15, -0.1) is 0 Å². The minimum atomic E-state index is -0.928. The molecular weight excluding hydrogens is 400 g/mol. The standard InChI is InChI=1S/C23H19F2N5O/c1-13-6-7-16(14(2)8-13)19-9-15(31-29-19)11-30-12-21-20(10-26-30)27-23(28-21)17-4-3-5-18(24)22(17)25/h3-10H,11-12H2,1-2H3,(H,27,28). The summed E-state index contributed by atoms with van der Waals surface area (Å²) in [6.07, 6.45) is 1.59. The summed E-state index contributed by atoms with van der Waals surface area (Å²) in [6.45, 7) is 4.94. The van der Waals surface area contributed by atoms with Crippen LogP contribution in [0.4, 0.5) is 8.78 Å². The van der Waals surface area contributed by atoms with Crippen LogP contribution in [0.2, 0.25) is 0 Å². The van der Waals surface area contributed by atoms with Crippen molar-refractivity contribution < 1.29 is 13.3 Å². The van der Waals surface area contributed by atoms with Gasteiger partial charge in [0.2, 0.25) is 0 Å². The Kier molecular flexibility index (Phi) is 4.62. The minimum Gasteiger partial charge on any atom is -0.359 e. The SMILES string of the molecule is Cc1ccc(-c2cc(CN3Cc4[nH]c(-c5cccc(F)c5F)nc4C=N3)on2)c(C)c1. The molecule has 156 valence electrons. The zero-order valence-corrected chi connectivity index (χ0v) is 17.0. The van der Waals surface area contributed by atoms with Crippen molar-refractivity contribution in [3.8, 4) is 22.6 Å². The highest BCUT2D eigenvalue weighted by Crippen LogP contribution is 2.27. The summed E-state index contributed by atoms with van der Waals surface area (Å²) in [5, 5.41) is 10.4. The van der Waals surface area contributed by atoms with Gasteiger partial charge in [0.15, 0.2) is 17.4 Å². The average Bonchev–Trinajstić information content (AvgIpc) is 3.37. The number of hydrogen-bond acceptors (Lipinski definition) is 5. The van der Waals surface area contributed by atoms with Crippen LogP contribution in [0.25, 0.3) is 22.6 Å². The number of halogens is 2. The Labute approximate surface area is 177 Å². The molecule has 0 saturated carbocycles. The van der Waals surface area contributed by atoms with E-state index in [2.05, 4.69) is 33.2 Å². The van der Waals surface area contributed by atoms with Crippen molar-refractivity contribution in [1.29, 1.82) is 0 Å². The molecule has 2 aromatic heterocycles. The maximum Gasteiger partial charge on any atom is 0.169 e. The lowest BCUT2D eigenvalue weighted by Crippen LogP contribution is -2.21. The van der Waals surface area contributed by atoms with Crippen LogP contribution >= 0.6 is 0 Å². The van der Waals surface area contributed by atoms with Crippen molar-refractivity contribution in [1.82, 2.24) is 20.1 Å². The lowest BCUT2D eigenvalue weighted by molar-refractivity contribution is 0.229. The Balaban J connectivity index is 1.33. The number of fused-ring (bicyclic) bond motifs is 1. The molecule has 0 amide bonds. The Hall–Kier alpha value is -3.81. The van der Waals surface area contributed by atoms with Gasteiger partial charge in [-0.05, 0) is 31.5 Å². The number of hydrazone groups is 1. The van der Waals surface area contributed by atoms with E-state index in [1.54, 1.807) is 11.2 Å². The van der Waals surface area contributed by atoms with Crippen LogP contribution in [0.15, 0.2) is 52.1 Å². The number of H-pyrrole nitrogens is 1. The molecule has 0 bridgehead atoms. The Morgan fingerprint density at radius 3 is 2.81 bits per heavy atom. The number of rotatable bonds is 4. The second-order valence-electron chi connectivity index (χ2n) is 7.61. The third kappa shape index (κ3) is 3.61. The number of imidazole rings is 1. The molecule has 4 aromatic rings. The Bertz CT molecular complexity index is 1310. The maximum absolute atomic E-state index is 14.1. The van der Waals surface area contributed by atoms with E-state index in [0.717, 1.165) is 28.6 Å². The molecule has 0 spiro atoms. The summed E-state index contributed by atoms with van der Waals surface area (Å²) in [6, 6.07) is 12.1. The quantitative estimate of drug-likeness (QED) is 0.507. The van der Waals surface area contributed by atoms with Gasteiger partial charge >= 0.3 is 0 Å². The van der Waals surface area contributed by atoms with E-state index in [1.807, 2.05) is 25.1 Å². The van der Waals surface area contributed by atoms with Crippen LogP contribution in [0.1, 0.15) is 28.3 Å². The van der Waals surface area contributed by atoms with Crippen LogP contribution in [0, 0.1) is 25.5 Å². The smallest absolute Gasteiger partial charge is 0.169 e. The van der Waals surface area contributed by atoms with Gasteiger partial charge in [0, 0.05) is 11.6 Å². The molecule has 1 aliphatic heterocycles. The van der Waals surface area contributed by atoms with Crippen LogP contribution < -0.4 is 0 Å². The zero-order chi connectivity index (χ0) is 21.5. The van der Waals surface area contributed by atoms with Crippen molar-refractivity contribution >= 4 is 6.21 Å². The molecule has 0 aliphatic carbocycles. The number of benzene rings is 2. The van der Waals surface area contributed by atoms with Gasteiger partial charge in [-0.2, -0.15) is 5.10 Å². The highest BCUT2D eigenvalue weighted by atomic mass is 19.2. The minimum absolute atomic E-state index is 0.0858. The molecule has 0 fully saturated rings. The summed E-state index contributed by atoms with van der Waals surface area (Å²) in [5.41, 5.74) is 5.59. The first-order valence-corrected chi connectivity index (χ1v) is 9.83. The van der Waals surface area contributed by atoms with E-state index in [4.69, 9.17) is 4.52 Å². The van der Waals surface area contributed by atoms with Gasteiger partial charge in [-0.3, -0.25) is 5.01 Å². The van der Waals surface area contributed by atoms with Gasteiger partial charge < -0.3 is 9.51 Å². The Morgan fingerprint density at radius 1 is 1.10 bits per heavy atom. The van der Waals surface area contributed by atoms with Crippen molar-refractivity contribution in [3.63, 3.8) is 0 Å². The average molecular weight is 419 g/mol. The molecule has 3 heterocycles. The first-order chi connectivity index (χ1) is 15.0. The summed E-state index contributed by atoms with van der Waals surface area (Å²) < 4.78 is 33.2. The normalized spacial score (nSPS) is 13.0. The van der Waals surface area contributed by atoms with Crippen LogP contribution in [0.3, 0.4) is 0 Å². The highest BCUT2D eigenvalue weighted by Gasteiger charge is 2.21. The van der Waals surface area contributed by atoms with E-state index in [9.17, 15) is 8.78 Å². The van der Waals surface area contributed by atoms with E-state index >= 15 is 0 Å². The molecule has 8 heteroatoms. The van der Waals surface area contributed by atoms with Gasteiger partial charge in [0.25, 0.3) is 0 Å². The molecule has 2 aromatic carbocycles. The fourth-order valence-electron chi connectivity index (χ4n) is 3.72. The number of aromatic amines is 1. The van der Waals surface area contributed by atoms with Crippen LogP contribution in [-0.4, -0.2) is 26.3 Å². The van der Waals surface area contributed by atoms with E-state index < -0.39 is 11.6 Å². The third-order valence-electron chi connectivity index (χ3n) is 5.26. The summed E-state index contributed by atoms with van der Waals surface area (Å²) in [4.78, 5) is 7.43. The van der Waals surface area contributed by atoms with Gasteiger partial charge in [0.1, 0.15) is 17.2 Å². The number of nitrogens with one attached hydrogen (secondary N) is 1. The first-order valence-electron chi connectivity index (χ1n) is 9.83. The van der Waals surface area contributed by atoms with E-state index in [-0.39, 0.29) is 11.4 Å². The topological polar surface area (TPSA) is 70.3 Å². The first kappa shape index (κ1) is 19.2. The molecule has 5 rings (SSSR count). The van der Waals surface area contributed by atoms with Crippen molar-refractivity contribution in [3.05, 3.63) is 82.4 Å². The number of aromatic nitrogens is 3. The lowest BCUT2D eigenvalue weighted by atomic mass is 10.0. The van der Waals surface area contributed by atoms with E-state index in [1.165, 1.54) is 17.7 Å². The number of nitrogens with zero attached hydrogens (tertiary/aromatic N) is 4. The molecule has 0 saturated heterocycles. The van der Waals surface area contributed by atoms with Gasteiger partial charge in [-0.25, -0.2) is 13.8 Å². The summed E-state index contributed by atoms with van der Waals surface area (Å²) in [5.74, 6) is -0.895. The predicted octanol–water partition coefficient (Wildman–Crippen LogP) is 4.98. The van der Waals surface area contributed by atoms with Crippen molar-refractivity contribution in [2.24, 2.45) is 5.10 Å². The van der Waals surface area contributed by atoms with Crippen molar-refractivity contribution in [2.45, 2.75) is 26.9 Å². The largest absolute Gasteiger partial charge is 0.359 e. The molecule has 0 atom stereocenters. The molecule has 1 N–H and O–H groups in total. The van der Waals surface area contributed by atoms with Gasteiger partial charge in [0.05, 0.1) is 30.6 Å². The predicted molar refractivity (Wildman–Crippen MR) is 112 cm³/mol. The van der Waals surface area contributed by atoms with Crippen molar-refractivity contribution in [2.75, 3.05) is 0 Å². The number of aryl methyl sites for hydroxylation is 2. The summed E-state index contributed by atoms with van der Waals surface area (Å²) >= 11 is 0. The third-order valence-corrected chi connectivity index (χ3v) is 5.26. The fraction of sp³-hybridized carbons (Fsp3) is 0.174. The van der Waals surface area contributed by atoms with E-state index in [0.29, 0.717) is 24.5 Å². The molecule has 6 nitrogen and oxygen atoms in total. The van der Waals surface area contributed by atoms with Crippen LogP contribution in [0.5, 0.6) is 0 Å². The Morgan fingerprint density at radius 2 is 1.97 bits per heavy atom. The molecule has 31 heavy (non-hydrogen) atoms. The highest BCUT2D eigenvalue weighted by molar-refractivity contribution is 5.80. The molecule has 1 aliphatic rings. The van der Waals surface area contributed by atoms with Gasteiger partial charge in [-0.1, -0.05) is 35.0 Å². The second-order valence-corrected chi connectivity index (χ2v) is 7.61. The number of hydrogen-bond donors (Lipinski definition) is 1. The molecule has 0 radical (unpaired) electrons. The monoisotopic (exact) mass is 419 g/mol. The summed E-state index contributed by atoms with van der Waals surface area (Å²) in [7, 11) is 0. The van der Waals surface area contributed by atoms with Crippen LogP contribution in [-0.2, 0) is 13.1 Å². The maximum atomic E-state index is 14.1. The zero-order valence-electron chi connectivity index (χ0n) is 17.0. The second kappa shape index (κ2) is 7.46. The fourth-order valence-corrected chi connectivity index (χ4v) is 3.72. The lowest BCUT2D eigenvalue weighted by Gasteiger charge is -2.19.